The first-order valence-corrected chi connectivity index (χ1v) is 14.2. The van der Waals surface area contributed by atoms with Crippen LogP contribution in [0.1, 0.15) is 67.5 Å². The van der Waals surface area contributed by atoms with Gasteiger partial charge in [-0.2, -0.15) is 0 Å². The number of aliphatic hydroxyl groups excluding tert-OH is 1. The van der Waals surface area contributed by atoms with Crippen LogP contribution in [0.4, 0.5) is 0 Å². The molecule has 0 aliphatic heterocycles. The summed E-state index contributed by atoms with van der Waals surface area (Å²) in [7, 11) is 2.16. The minimum atomic E-state index is -1.73. The van der Waals surface area contributed by atoms with Gasteiger partial charge in [0, 0.05) is 32.4 Å². The summed E-state index contributed by atoms with van der Waals surface area (Å²) in [6.07, 6.45) is 8.59. The number of ether oxygens (including phenoxy) is 2. The number of thiophene rings is 2. The molecule has 2 heterocycles. The minimum Gasteiger partial charge on any atom is -0.460 e. The Morgan fingerprint density at radius 2 is 1.62 bits per heavy atom. The second kappa shape index (κ2) is 14.3. The van der Waals surface area contributed by atoms with Crippen molar-refractivity contribution in [2.75, 3.05) is 33.4 Å². The molecule has 1 aliphatic rings. The van der Waals surface area contributed by atoms with Gasteiger partial charge in [-0.05, 0) is 74.9 Å². The molecule has 1 fully saturated rings. The van der Waals surface area contributed by atoms with Gasteiger partial charge in [-0.15, -0.1) is 22.7 Å². The van der Waals surface area contributed by atoms with Gasteiger partial charge in [-0.1, -0.05) is 25.0 Å². The maximum absolute atomic E-state index is 13.2. The summed E-state index contributed by atoms with van der Waals surface area (Å²) in [5.74, 6) is -0.567. The topological polar surface area (TPSA) is 79.2 Å². The molecule has 0 bridgehead atoms. The monoisotopic (exact) mass is 509 g/mol. The van der Waals surface area contributed by atoms with Crippen LogP contribution in [0, 0.1) is 0 Å². The smallest absolute Gasteiger partial charge is 0.349 e. The fourth-order valence-corrected chi connectivity index (χ4v) is 6.22. The maximum Gasteiger partial charge on any atom is 0.349 e. The summed E-state index contributed by atoms with van der Waals surface area (Å²) in [6.45, 7) is 2.86. The number of carbonyl (C=O) groups excluding carboxylic acids is 1. The van der Waals surface area contributed by atoms with Gasteiger partial charge in [0.15, 0.2) is 0 Å². The Hall–Kier alpha value is -1.29. The van der Waals surface area contributed by atoms with E-state index >= 15 is 0 Å². The van der Waals surface area contributed by atoms with E-state index in [0.29, 0.717) is 15.8 Å². The van der Waals surface area contributed by atoms with Crippen molar-refractivity contribution in [3.8, 4) is 0 Å². The highest BCUT2D eigenvalue weighted by atomic mass is 32.1. The van der Waals surface area contributed by atoms with E-state index in [-0.39, 0.29) is 12.7 Å². The lowest BCUT2D eigenvalue weighted by Gasteiger charge is -2.35. The summed E-state index contributed by atoms with van der Waals surface area (Å²) >= 11 is 2.74. The molecule has 6 nitrogen and oxygen atoms in total. The summed E-state index contributed by atoms with van der Waals surface area (Å²) in [5, 5.41) is 23.9. The SMILES string of the molecule is CN(CCCOCCCCCCO)C1CCC(OC(=O)C(O)(c2cccs2)c2cccs2)CC1. The normalized spacial score (nSPS) is 18.9. The van der Waals surface area contributed by atoms with Crippen molar-refractivity contribution in [3.63, 3.8) is 0 Å². The molecule has 0 spiro atoms. The second-order valence-corrected chi connectivity index (χ2v) is 11.0. The van der Waals surface area contributed by atoms with Crippen molar-refractivity contribution in [1.29, 1.82) is 0 Å². The van der Waals surface area contributed by atoms with Crippen LogP contribution in [0.3, 0.4) is 0 Å². The fourth-order valence-electron chi connectivity index (χ4n) is 4.50. The van der Waals surface area contributed by atoms with Crippen molar-refractivity contribution < 1.29 is 24.5 Å². The van der Waals surface area contributed by atoms with E-state index in [0.717, 1.165) is 77.5 Å². The summed E-state index contributed by atoms with van der Waals surface area (Å²) in [5.41, 5.74) is -1.73. The molecular formula is C26H39NO5S2. The molecule has 2 aromatic rings. The Balaban J connectivity index is 1.37. The zero-order chi connectivity index (χ0) is 24.2. The number of unbranched alkanes of at least 4 members (excludes halogenated alkanes) is 3. The summed E-state index contributed by atoms with van der Waals surface area (Å²) in [6, 6.07) is 7.76. The lowest BCUT2D eigenvalue weighted by molar-refractivity contribution is -0.169. The van der Waals surface area contributed by atoms with Gasteiger partial charge in [0.05, 0.1) is 9.75 Å². The quantitative estimate of drug-likeness (QED) is 0.265. The van der Waals surface area contributed by atoms with Crippen LogP contribution < -0.4 is 0 Å². The Morgan fingerprint density at radius 1 is 1.00 bits per heavy atom. The molecule has 1 saturated carbocycles. The second-order valence-electron chi connectivity index (χ2n) is 9.09. The molecule has 2 aromatic heterocycles. The zero-order valence-corrected chi connectivity index (χ0v) is 21.8. The average Bonchev–Trinajstić information content (AvgIpc) is 3.58. The highest BCUT2D eigenvalue weighted by molar-refractivity contribution is 7.12. The molecule has 0 amide bonds. The number of hydrogen-bond acceptors (Lipinski definition) is 8. The minimum absolute atomic E-state index is 0.155. The number of nitrogens with zero attached hydrogens (tertiary/aromatic N) is 1. The van der Waals surface area contributed by atoms with E-state index in [1.54, 1.807) is 12.1 Å². The first kappa shape index (κ1) is 27.3. The highest BCUT2D eigenvalue weighted by Gasteiger charge is 2.45. The van der Waals surface area contributed by atoms with Gasteiger partial charge < -0.3 is 24.6 Å². The third-order valence-corrected chi connectivity index (χ3v) is 8.55. The summed E-state index contributed by atoms with van der Waals surface area (Å²) < 4.78 is 11.6. The first-order chi connectivity index (χ1) is 16.6. The number of rotatable bonds is 15. The van der Waals surface area contributed by atoms with E-state index in [9.17, 15) is 9.90 Å². The van der Waals surface area contributed by atoms with Crippen LogP contribution in [0.5, 0.6) is 0 Å². The average molecular weight is 510 g/mol. The van der Waals surface area contributed by atoms with Gasteiger partial charge >= 0.3 is 5.97 Å². The van der Waals surface area contributed by atoms with Crippen LogP contribution >= 0.6 is 22.7 Å². The molecule has 3 rings (SSSR count). The Labute approximate surface area is 211 Å². The molecule has 0 radical (unpaired) electrons. The predicted molar refractivity (Wildman–Crippen MR) is 137 cm³/mol. The zero-order valence-electron chi connectivity index (χ0n) is 20.2. The van der Waals surface area contributed by atoms with Crippen molar-refractivity contribution in [2.24, 2.45) is 0 Å². The standard InChI is InChI=1S/C26H39NO5S2/c1-27(15-8-18-31-17-5-3-2-4-16-28)21-11-13-22(14-12-21)32-25(29)26(30,23-9-6-19-33-23)24-10-7-20-34-24/h6-7,9-10,19-22,28,30H,2-5,8,11-18H2,1H3. The molecule has 0 atom stereocenters. The number of aliphatic hydroxyl groups is 2. The lowest BCUT2D eigenvalue weighted by atomic mass is 9.91. The van der Waals surface area contributed by atoms with Crippen LogP contribution in [0.2, 0.25) is 0 Å². The summed E-state index contributed by atoms with van der Waals surface area (Å²) in [4.78, 5) is 16.7. The maximum atomic E-state index is 13.2. The van der Waals surface area contributed by atoms with Crippen LogP contribution in [-0.2, 0) is 19.9 Å². The van der Waals surface area contributed by atoms with Gasteiger partial charge in [-0.25, -0.2) is 4.79 Å². The Morgan fingerprint density at radius 3 is 2.21 bits per heavy atom. The van der Waals surface area contributed by atoms with E-state index in [1.165, 1.54) is 22.7 Å². The van der Waals surface area contributed by atoms with Crippen LogP contribution in [-0.4, -0.2) is 66.6 Å². The fraction of sp³-hybridized carbons (Fsp3) is 0.654. The molecule has 34 heavy (non-hydrogen) atoms. The van der Waals surface area contributed by atoms with E-state index < -0.39 is 11.6 Å². The van der Waals surface area contributed by atoms with Gasteiger partial charge in [0.25, 0.3) is 0 Å². The lowest BCUT2D eigenvalue weighted by Crippen LogP contribution is -2.42. The van der Waals surface area contributed by atoms with Crippen molar-refractivity contribution >= 4 is 28.6 Å². The van der Waals surface area contributed by atoms with Gasteiger partial charge in [0.2, 0.25) is 5.60 Å². The van der Waals surface area contributed by atoms with Crippen molar-refractivity contribution in [1.82, 2.24) is 4.90 Å². The largest absolute Gasteiger partial charge is 0.460 e. The molecule has 0 aromatic carbocycles. The number of carbonyl (C=O) groups is 1. The molecule has 190 valence electrons. The van der Waals surface area contributed by atoms with Crippen LogP contribution in [0.25, 0.3) is 0 Å². The third kappa shape index (κ3) is 7.60. The molecule has 1 aliphatic carbocycles. The van der Waals surface area contributed by atoms with Crippen molar-refractivity contribution in [3.05, 3.63) is 44.8 Å². The van der Waals surface area contributed by atoms with E-state index in [2.05, 4.69) is 11.9 Å². The number of hydrogen-bond donors (Lipinski definition) is 2. The predicted octanol–water partition coefficient (Wildman–Crippen LogP) is 4.79. The van der Waals surface area contributed by atoms with Crippen molar-refractivity contribution in [2.45, 2.75) is 75.5 Å². The molecule has 8 heteroatoms. The third-order valence-electron chi connectivity index (χ3n) is 6.59. The Bertz CT molecular complexity index is 769. The van der Waals surface area contributed by atoms with Crippen LogP contribution in [0.15, 0.2) is 35.0 Å². The van der Waals surface area contributed by atoms with Gasteiger partial charge in [0.1, 0.15) is 6.10 Å². The highest BCUT2D eigenvalue weighted by Crippen LogP contribution is 2.38. The first-order valence-electron chi connectivity index (χ1n) is 12.5. The molecule has 0 unspecified atom stereocenters. The van der Waals surface area contributed by atoms with E-state index in [1.807, 2.05) is 22.9 Å². The van der Waals surface area contributed by atoms with Gasteiger partial charge in [-0.3, -0.25) is 0 Å². The molecular weight excluding hydrogens is 470 g/mol. The van der Waals surface area contributed by atoms with E-state index in [4.69, 9.17) is 14.6 Å². The molecule has 2 N–H and O–H groups in total. The molecule has 0 saturated heterocycles. The Kier molecular flexibility index (Phi) is 11.5. The number of esters is 1.